The zero-order chi connectivity index (χ0) is 22.6. The van der Waals surface area contributed by atoms with Gasteiger partial charge in [-0.2, -0.15) is 5.10 Å². The third-order valence-corrected chi connectivity index (χ3v) is 5.79. The number of para-hydroxylation sites is 1. The van der Waals surface area contributed by atoms with Crippen LogP contribution in [0, 0.1) is 6.92 Å². The fraction of sp³-hybridized carbons (Fsp3) is 0.185. The molecule has 1 aliphatic rings. The number of nitrogens with zero attached hydrogens (tertiary/aromatic N) is 2. The molecule has 0 radical (unpaired) electrons. The van der Waals surface area contributed by atoms with Gasteiger partial charge in [-0.3, -0.25) is 4.79 Å². The van der Waals surface area contributed by atoms with E-state index in [1.807, 2.05) is 30.3 Å². The first-order valence-corrected chi connectivity index (χ1v) is 11.0. The van der Waals surface area contributed by atoms with Gasteiger partial charge in [0.25, 0.3) is 0 Å². The van der Waals surface area contributed by atoms with Crippen LogP contribution >= 0.6 is 0 Å². The molecule has 1 aromatic heterocycles. The largest absolute Gasteiger partial charge is 0.486 e. The van der Waals surface area contributed by atoms with Gasteiger partial charge in [-0.15, -0.1) is 0 Å². The van der Waals surface area contributed by atoms with Crippen LogP contribution in [0.2, 0.25) is 0 Å². The topological polar surface area (TPSA) is 64.9 Å². The maximum Gasteiger partial charge on any atom is 0.244 e. The number of aryl methyl sites for hydroxylation is 1. The third kappa shape index (κ3) is 4.60. The summed E-state index contributed by atoms with van der Waals surface area (Å²) in [5.74, 6) is 1.20. The summed E-state index contributed by atoms with van der Waals surface area (Å²) in [6, 6.07) is 22.2. The summed E-state index contributed by atoms with van der Waals surface area (Å²) < 4.78 is 13.3. The first-order chi connectivity index (χ1) is 16.2. The molecule has 0 saturated heterocycles. The third-order valence-electron chi connectivity index (χ3n) is 5.79. The van der Waals surface area contributed by atoms with Gasteiger partial charge in [0, 0.05) is 29.2 Å². The summed E-state index contributed by atoms with van der Waals surface area (Å²) >= 11 is 0. The second-order valence-electron chi connectivity index (χ2n) is 8.10. The van der Waals surface area contributed by atoms with Crippen molar-refractivity contribution in [3.05, 3.63) is 95.2 Å². The number of hydrogen-bond donors (Lipinski definition) is 1. The lowest BCUT2D eigenvalue weighted by atomic mass is 10.1. The van der Waals surface area contributed by atoms with E-state index in [0.29, 0.717) is 24.7 Å². The molecule has 1 amide bonds. The molecule has 0 saturated carbocycles. The summed E-state index contributed by atoms with van der Waals surface area (Å²) in [7, 11) is 0. The molecular weight excluding hydrogens is 414 g/mol. The van der Waals surface area contributed by atoms with E-state index in [-0.39, 0.29) is 12.3 Å². The Balaban J connectivity index is 1.29. The highest BCUT2D eigenvalue weighted by atomic mass is 16.6. The van der Waals surface area contributed by atoms with E-state index in [0.717, 1.165) is 28.6 Å². The van der Waals surface area contributed by atoms with Crippen LogP contribution in [0.4, 0.5) is 0 Å². The zero-order valence-corrected chi connectivity index (χ0v) is 18.5. The number of ether oxygens (including phenoxy) is 2. The van der Waals surface area contributed by atoms with Crippen molar-refractivity contribution in [2.24, 2.45) is 5.10 Å². The van der Waals surface area contributed by atoms with Crippen molar-refractivity contribution in [1.82, 2.24) is 9.99 Å². The number of hydrazone groups is 1. The number of rotatable bonds is 6. The van der Waals surface area contributed by atoms with Gasteiger partial charge in [0.15, 0.2) is 11.5 Å². The SMILES string of the molecule is Cc1ccccc1Cn1cc(/C=N\NC(=O)Cc2ccc3c(c2)OCCO3)c2ccccc21. The molecule has 0 bridgehead atoms. The normalized spacial score (nSPS) is 12.9. The number of aromatic nitrogens is 1. The van der Waals surface area contributed by atoms with Crippen molar-refractivity contribution < 1.29 is 14.3 Å². The predicted molar refractivity (Wildman–Crippen MR) is 129 cm³/mol. The van der Waals surface area contributed by atoms with E-state index in [1.54, 1.807) is 6.21 Å². The Labute approximate surface area is 192 Å². The number of amides is 1. The molecule has 166 valence electrons. The minimum atomic E-state index is -0.188. The molecule has 2 heterocycles. The lowest BCUT2D eigenvalue weighted by molar-refractivity contribution is -0.120. The molecule has 0 unspecified atom stereocenters. The fourth-order valence-electron chi connectivity index (χ4n) is 4.08. The second kappa shape index (κ2) is 9.20. The Morgan fingerprint density at radius 2 is 1.82 bits per heavy atom. The maximum absolute atomic E-state index is 12.4. The standard InChI is InChI=1S/C27H25N3O3/c1-19-6-2-3-7-21(19)17-30-18-22(23-8-4-5-9-24(23)30)16-28-29-27(31)15-20-10-11-25-26(14-20)33-13-12-32-25/h2-11,14,16,18H,12-13,15,17H2,1H3,(H,29,31)/b28-16-. The highest BCUT2D eigenvalue weighted by molar-refractivity contribution is 5.99. The second-order valence-corrected chi connectivity index (χ2v) is 8.10. The van der Waals surface area contributed by atoms with Crippen LogP contribution in [0.15, 0.2) is 78.0 Å². The van der Waals surface area contributed by atoms with Gasteiger partial charge in [-0.1, -0.05) is 48.5 Å². The smallest absolute Gasteiger partial charge is 0.244 e. The van der Waals surface area contributed by atoms with Gasteiger partial charge in [0.1, 0.15) is 13.2 Å². The van der Waals surface area contributed by atoms with Gasteiger partial charge in [-0.25, -0.2) is 5.43 Å². The van der Waals surface area contributed by atoms with Crippen LogP contribution in [0.5, 0.6) is 11.5 Å². The quantitative estimate of drug-likeness (QED) is 0.356. The van der Waals surface area contributed by atoms with Crippen molar-refractivity contribution in [1.29, 1.82) is 0 Å². The van der Waals surface area contributed by atoms with E-state index in [2.05, 4.69) is 64.6 Å². The Morgan fingerprint density at radius 1 is 1.03 bits per heavy atom. The van der Waals surface area contributed by atoms with Crippen molar-refractivity contribution in [3.63, 3.8) is 0 Å². The van der Waals surface area contributed by atoms with E-state index in [4.69, 9.17) is 9.47 Å². The lowest BCUT2D eigenvalue weighted by Gasteiger charge is -2.18. The average Bonchev–Trinajstić information content (AvgIpc) is 3.18. The highest BCUT2D eigenvalue weighted by Crippen LogP contribution is 2.30. The number of fused-ring (bicyclic) bond motifs is 2. The van der Waals surface area contributed by atoms with Crippen LogP contribution in [-0.2, 0) is 17.8 Å². The number of hydrogen-bond acceptors (Lipinski definition) is 4. The summed E-state index contributed by atoms with van der Waals surface area (Å²) in [4.78, 5) is 12.4. The first kappa shape index (κ1) is 20.8. The zero-order valence-electron chi connectivity index (χ0n) is 18.5. The fourth-order valence-corrected chi connectivity index (χ4v) is 4.08. The number of benzene rings is 3. The van der Waals surface area contributed by atoms with Gasteiger partial charge in [0.2, 0.25) is 5.91 Å². The highest BCUT2D eigenvalue weighted by Gasteiger charge is 2.13. The van der Waals surface area contributed by atoms with Crippen LogP contribution in [0.25, 0.3) is 10.9 Å². The van der Waals surface area contributed by atoms with E-state index < -0.39 is 0 Å². The molecule has 0 fully saturated rings. The Kier molecular flexibility index (Phi) is 5.81. The van der Waals surface area contributed by atoms with Gasteiger partial charge < -0.3 is 14.0 Å². The Morgan fingerprint density at radius 3 is 2.70 bits per heavy atom. The first-order valence-electron chi connectivity index (χ1n) is 11.0. The van der Waals surface area contributed by atoms with Gasteiger partial charge in [0.05, 0.1) is 12.6 Å². The van der Waals surface area contributed by atoms with Crippen LogP contribution in [0.3, 0.4) is 0 Å². The van der Waals surface area contributed by atoms with Crippen LogP contribution < -0.4 is 14.9 Å². The van der Waals surface area contributed by atoms with Crippen molar-refractivity contribution in [2.75, 3.05) is 13.2 Å². The number of carbonyl (C=O) groups excluding carboxylic acids is 1. The lowest BCUT2D eigenvalue weighted by Crippen LogP contribution is -2.20. The molecule has 0 atom stereocenters. The average molecular weight is 440 g/mol. The van der Waals surface area contributed by atoms with Crippen molar-refractivity contribution in [2.45, 2.75) is 19.9 Å². The molecule has 6 heteroatoms. The number of nitrogens with one attached hydrogen (secondary N) is 1. The molecule has 0 aliphatic carbocycles. The summed E-state index contributed by atoms with van der Waals surface area (Å²) in [6.07, 6.45) is 4.00. The Hall–Kier alpha value is -4.06. The Bertz CT molecular complexity index is 1340. The molecular formula is C27H25N3O3. The molecule has 1 N–H and O–H groups in total. The maximum atomic E-state index is 12.4. The summed E-state index contributed by atoms with van der Waals surface area (Å²) in [6.45, 7) is 3.96. The molecule has 6 nitrogen and oxygen atoms in total. The molecule has 0 spiro atoms. The molecule has 33 heavy (non-hydrogen) atoms. The number of carbonyl (C=O) groups is 1. The molecule has 4 aromatic rings. The van der Waals surface area contributed by atoms with Crippen LogP contribution in [0.1, 0.15) is 22.3 Å². The molecule has 1 aliphatic heterocycles. The molecule has 3 aromatic carbocycles. The summed E-state index contributed by atoms with van der Waals surface area (Å²) in [5, 5.41) is 5.31. The predicted octanol–water partition coefficient (Wildman–Crippen LogP) is 4.46. The van der Waals surface area contributed by atoms with E-state index >= 15 is 0 Å². The van der Waals surface area contributed by atoms with Crippen LogP contribution in [-0.4, -0.2) is 29.9 Å². The van der Waals surface area contributed by atoms with Crippen molar-refractivity contribution in [3.8, 4) is 11.5 Å². The van der Waals surface area contributed by atoms with Gasteiger partial charge in [-0.05, 0) is 41.8 Å². The van der Waals surface area contributed by atoms with E-state index in [9.17, 15) is 4.79 Å². The minimum absolute atomic E-state index is 0.188. The van der Waals surface area contributed by atoms with Gasteiger partial charge >= 0.3 is 0 Å². The minimum Gasteiger partial charge on any atom is -0.486 e. The molecule has 5 rings (SSSR count). The van der Waals surface area contributed by atoms with E-state index in [1.165, 1.54) is 11.1 Å². The monoisotopic (exact) mass is 439 g/mol. The summed E-state index contributed by atoms with van der Waals surface area (Å²) in [5.41, 5.74) is 8.11. The van der Waals surface area contributed by atoms with Crippen molar-refractivity contribution >= 4 is 23.0 Å².